The number of aliphatic hydroxyl groups is 1. The Labute approximate surface area is 129 Å². The quantitative estimate of drug-likeness (QED) is 0.888. The molecule has 2 N–H and O–H groups in total. The Morgan fingerprint density at radius 3 is 2.95 bits per heavy atom. The highest BCUT2D eigenvalue weighted by Crippen LogP contribution is 2.20. The maximum absolute atomic E-state index is 12.1. The first-order chi connectivity index (χ1) is 9.97. The standard InChI is InChI=1S/C15H21ClN2O3/c1-10-3-4-12(5-14(10)16)17-15(20)8-18-6-11(2)21-13(7-18)9-19/h3-5,11,13,19H,6-9H2,1-2H3,(H,17,20). The lowest BCUT2D eigenvalue weighted by Gasteiger charge is -2.35. The molecule has 0 aliphatic carbocycles. The van der Waals surface area contributed by atoms with E-state index in [9.17, 15) is 9.90 Å². The maximum Gasteiger partial charge on any atom is 0.238 e. The molecule has 2 unspecified atom stereocenters. The number of anilines is 1. The van der Waals surface area contributed by atoms with Crippen molar-refractivity contribution >= 4 is 23.2 Å². The zero-order chi connectivity index (χ0) is 15.4. The zero-order valence-electron chi connectivity index (χ0n) is 12.3. The summed E-state index contributed by atoms with van der Waals surface area (Å²) < 4.78 is 5.55. The number of benzene rings is 1. The number of ether oxygens (including phenoxy) is 1. The van der Waals surface area contributed by atoms with Crippen LogP contribution in [0.4, 0.5) is 5.69 Å². The number of nitrogens with one attached hydrogen (secondary N) is 1. The van der Waals surface area contributed by atoms with E-state index in [2.05, 4.69) is 5.32 Å². The Balaban J connectivity index is 1.90. The van der Waals surface area contributed by atoms with Crippen molar-refractivity contribution < 1.29 is 14.6 Å². The van der Waals surface area contributed by atoms with Crippen LogP contribution >= 0.6 is 11.6 Å². The van der Waals surface area contributed by atoms with Crippen LogP contribution in [0.3, 0.4) is 0 Å². The third-order valence-electron chi connectivity index (χ3n) is 3.43. The second kappa shape index (κ2) is 7.22. The number of rotatable bonds is 4. The predicted molar refractivity (Wildman–Crippen MR) is 82.7 cm³/mol. The van der Waals surface area contributed by atoms with Gasteiger partial charge in [0.25, 0.3) is 0 Å². The van der Waals surface area contributed by atoms with Crippen molar-refractivity contribution in [1.82, 2.24) is 4.90 Å². The fourth-order valence-electron chi connectivity index (χ4n) is 2.44. The number of halogens is 1. The molecule has 5 nitrogen and oxygen atoms in total. The van der Waals surface area contributed by atoms with Gasteiger partial charge in [-0.3, -0.25) is 9.69 Å². The van der Waals surface area contributed by atoms with Gasteiger partial charge in [0.2, 0.25) is 5.91 Å². The van der Waals surface area contributed by atoms with E-state index in [1.165, 1.54) is 0 Å². The van der Waals surface area contributed by atoms with Crippen LogP contribution < -0.4 is 5.32 Å². The van der Waals surface area contributed by atoms with E-state index in [-0.39, 0.29) is 31.3 Å². The average Bonchev–Trinajstić information content (AvgIpc) is 2.42. The van der Waals surface area contributed by atoms with Gasteiger partial charge in [-0.15, -0.1) is 0 Å². The summed E-state index contributed by atoms with van der Waals surface area (Å²) in [5, 5.41) is 12.7. The molecule has 0 spiro atoms. The minimum Gasteiger partial charge on any atom is -0.394 e. The number of aryl methyl sites for hydroxylation is 1. The second-order valence-electron chi connectivity index (χ2n) is 5.46. The number of morpholine rings is 1. The highest BCUT2D eigenvalue weighted by molar-refractivity contribution is 6.31. The number of amides is 1. The van der Waals surface area contributed by atoms with Crippen LogP contribution in [0, 0.1) is 6.92 Å². The van der Waals surface area contributed by atoms with Crippen molar-refractivity contribution in [2.24, 2.45) is 0 Å². The van der Waals surface area contributed by atoms with Gasteiger partial charge in [0.05, 0.1) is 25.4 Å². The summed E-state index contributed by atoms with van der Waals surface area (Å²) in [6.45, 7) is 5.33. The number of carbonyl (C=O) groups is 1. The molecule has 116 valence electrons. The van der Waals surface area contributed by atoms with Gasteiger partial charge in [0.15, 0.2) is 0 Å². The molecule has 1 amide bonds. The number of hydrogen-bond acceptors (Lipinski definition) is 4. The summed E-state index contributed by atoms with van der Waals surface area (Å²) in [4.78, 5) is 14.1. The van der Waals surface area contributed by atoms with Crippen molar-refractivity contribution in [2.45, 2.75) is 26.1 Å². The topological polar surface area (TPSA) is 61.8 Å². The van der Waals surface area contributed by atoms with E-state index in [0.717, 1.165) is 5.56 Å². The van der Waals surface area contributed by atoms with Crippen LogP contribution in [0.1, 0.15) is 12.5 Å². The van der Waals surface area contributed by atoms with E-state index < -0.39 is 0 Å². The molecule has 1 heterocycles. The lowest BCUT2D eigenvalue weighted by atomic mass is 10.2. The molecule has 2 rings (SSSR count). The van der Waals surface area contributed by atoms with Crippen LogP contribution in [-0.2, 0) is 9.53 Å². The van der Waals surface area contributed by atoms with Gasteiger partial charge < -0.3 is 15.2 Å². The lowest BCUT2D eigenvalue weighted by Crippen LogP contribution is -2.50. The highest BCUT2D eigenvalue weighted by atomic mass is 35.5. The predicted octanol–water partition coefficient (Wildman–Crippen LogP) is 1.67. The van der Waals surface area contributed by atoms with Crippen molar-refractivity contribution in [3.63, 3.8) is 0 Å². The summed E-state index contributed by atoms with van der Waals surface area (Å²) in [7, 11) is 0. The number of carbonyl (C=O) groups excluding carboxylic acids is 1. The minimum atomic E-state index is -0.227. The van der Waals surface area contributed by atoms with Crippen molar-refractivity contribution in [2.75, 3.05) is 31.6 Å². The molecule has 21 heavy (non-hydrogen) atoms. The third-order valence-corrected chi connectivity index (χ3v) is 3.84. The third kappa shape index (κ3) is 4.68. The Morgan fingerprint density at radius 2 is 2.29 bits per heavy atom. The largest absolute Gasteiger partial charge is 0.394 e. The van der Waals surface area contributed by atoms with Gasteiger partial charge in [-0.05, 0) is 31.5 Å². The molecular weight excluding hydrogens is 292 g/mol. The Hall–Kier alpha value is -1.14. The normalized spacial score (nSPS) is 23.0. The molecule has 1 aromatic carbocycles. The van der Waals surface area contributed by atoms with Gasteiger partial charge in [0.1, 0.15) is 0 Å². The van der Waals surface area contributed by atoms with Gasteiger partial charge >= 0.3 is 0 Å². The highest BCUT2D eigenvalue weighted by Gasteiger charge is 2.25. The molecule has 0 radical (unpaired) electrons. The SMILES string of the molecule is Cc1ccc(NC(=O)CN2CC(C)OC(CO)C2)cc1Cl. The minimum absolute atomic E-state index is 0.0116. The summed E-state index contributed by atoms with van der Waals surface area (Å²) in [5.41, 5.74) is 1.66. The number of hydrogen-bond donors (Lipinski definition) is 2. The zero-order valence-corrected chi connectivity index (χ0v) is 13.1. The molecule has 2 atom stereocenters. The average molecular weight is 313 g/mol. The molecule has 1 saturated heterocycles. The summed E-state index contributed by atoms with van der Waals surface area (Å²) in [5.74, 6) is -0.0966. The fourth-order valence-corrected chi connectivity index (χ4v) is 2.63. The number of aliphatic hydroxyl groups excluding tert-OH is 1. The first-order valence-corrected chi connectivity index (χ1v) is 7.40. The Morgan fingerprint density at radius 1 is 1.52 bits per heavy atom. The van der Waals surface area contributed by atoms with Crippen LogP contribution in [-0.4, -0.2) is 54.4 Å². The molecule has 0 aromatic heterocycles. The summed E-state index contributed by atoms with van der Waals surface area (Å²) in [6, 6.07) is 5.45. The molecule has 1 aromatic rings. The van der Waals surface area contributed by atoms with E-state index in [0.29, 0.717) is 23.8 Å². The van der Waals surface area contributed by atoms with Gasteiger partial charge in [-0.2, -0.15) is 0 Å². The molecule has 0 saturated carbocycles. The molecule has 0 bridgehead atoms. The number of nitrogens with zero attached hydrogens (tertiary/aromatic N) is 1. The van der Waals surface area contributed by atoms with Gasteiger partial charge in [-0.25, -0.2) is 0 Å². The van der Waals surface area contributed by atoms with Gasteiger partial charge in [-0.1, -0.05) is 17.7 Å². The van der Waals surface area contributed by atoms with E-state index in [1.54, 1.807) is 6.07 Å². The fraction of sp³-hybridized carbons (Fsp3) is 0.533. The first kappa shape index (κ1) is 16.2. The summed E-state index contributed by atoms with van der Waals surface area (Å²) in [6.07, 6.45) is -0.215. The maximum atomic E-state index is 12.1. The van der Waals surface area contributed by atoms with Crippen LogP contribution in [0.25, 0.3) is 0 Å². The lowest BCUT2D eigenvalue weighted by molar-refractivity contribution is -0.124. The van der Waals surface area contributed by atoms with Crippen LogP contribution in [0.5, 0.6) is 0 Å². The van der Waals surface area contributed by atoms with Gasteiger partial charge in [0, 0.05) is 23.8 Å². The van der Waals surface area contributed by atoms with Crippen LogP contribution in [0.15, 0.2) is 18.2 Å². The Bertz CT molecular complexity index is 510. The van der Waals surface area contributed by atoms with Crippen molar-refractivity contribution in [3.8, 4) is 0 Å². The molecule has 1 fully saturated rings. The van der Waals surface area contributed by atoms with E-state index in [1.807, 2.05) is 30.9 Å². The van der Waals surface area contributed by atoms with E-state index in [4.69, 9.17) is 16.3 Å². The Kier molecular flexibility index (Phi) is 5.58. The monoisotopic (exact) mass is 312 g/mol. The second-order valence-corrected chi connectivity index (χ2v) is 5.86. The molecule has 6 heteroatoms. The molecule has 1 aliphatic rings. The smallest absolute Gasteiger partial charge is 0.238 e. The first-order valence-electron chi connectivity index (χ1n) is 7.02. The molecular formula is C15H21ClN2O3. The summed E-state index contributed by atoms with van der Waals surface area (Å²) >= 11 is 6.04. The van der Waals surface area contributed by atoms with Crippen LogP contribution in [0.2, 0.25) is 5.02 Å². The van der Waals surface area contributed by atoms with Crippen molar-refractivity contribution in [1.29, 1.82) is 0 Å². The molecule has 1 aliphatic heterocycles. The van der Waals surface area contributed by atoms with Crippen molar-refractivity contribution in [3.05, 3.63) is 28.8 Å². The van der Waals surface area contributed by atoms with E-state index >= 15 is 0 Å².